The van der Waals surface area contributed by atoms with Gasteiger partial charge >= 0.3 is 0 Å². The van der Waals surface area contributed by atoms with Crippen LogP contribution in [0.3, 0.4) is 0 Å². The number of benzene rings is 2. The fourth-order valence-electron chi connectivity index (χ4n) is 3.34. The lowest BCUT2D eigenvalue weighted by molar-refractivity contribution is -0.114. The first-order valence-corrected chi connectivity index (χ1v) is 10.1. The Balaban J connectivity index is 1.68. The highest BCUT2D eigenvalue weighted by atomic mass is 19.1. The number of phenolic OH excluding ortho intramolecular Hbond substituents is 1. The Labute approximate surface area is 184 Å². The number of aromatic hydroxyl groups is 1. The number of halogens is 1. The predicted octanol–water partition coefficient (Wildman–Crippen LogP) is 4.60. The molecule has 1 amide bonds. The van der Waals surface area contributed by atoms with E-state index in [1.54, 1.807) is 18.6 Å². The van der Waals surface area contributed by atoms with Crippen LogP contribution < -0.4 is 10.6 Å². The third-order valence-electron chi connectivity index (χ3n) is 4.85. The summed E-state index contributed by atoms with van der Waals surface area (Å²) < 4.78 is 13.9. The lowest BCUT2D eigenvalue weighted by Crippen LogP contribution is -2.07. The summed E-state index contributed by atoms with van der Waals surface area (Å²) in [5.41, 5.74) is 4.14. The third-order valence-corrected chi connectivity index (χ3v) is 4.85. The van der Waals surface area contributed by atoms with Crippen LogP contribution in [-0.4, -0.2) is 32.5 Å². The minimum atomic E-state index is -0.460. The number of nitrogens with zero attached hydrogens (tertiary/aromatic N) is 2. The van der Waals surface area contributed by atoms with Gasteiger partial charge in [-0.05, 0) is 53.6 Å². The van der Waals surface area contributed by atoms with Crippen LogP contribution in [0.15, 0.2) is 67.1 Å². The smallest absolute Gasteiger partial charge is 0.221 e. The third kappa shape index (κ3) is 5.10. The predicted molar refractivity (Wildman–Crippen MR) is 122 cm³/mol. The van der Waals surface area contributed by atoms with Gasteiger partial charge in [-0.25, -0.2) is 14.4 Å². The Bertz CT molecular complexity index is 1220. The minimum Gasteiger partial charge on any atom is -0.507 e. The van der Waals surface area contributed by atoms with Gasteiger partial charge in [0.2, 0.25) is 5.91 Å². The van der Waals surface area contributed by atoms with Crippen LogP contribution in [0.1, 0.15) is 12.6 Å². The Hall–Kier alpha value is -4.20. The number of rotatable bonds is 7. The van der Waals surface area contributed by atoms with Gasteiger partial charge in [0.25, 0.3) is 0 Å². The van der Waals surface area contributed by atoms with Gasteiger partial charge in [0.05, 0.1) is 12.0 Å². The number of nitrogens with one attached hydrogen (secondary N) is 3. The molecule has 0 fully saturated rings. The maximum Gasteiger partial charge on any atom is 0.221 e. The van der Waals surface area contributed by atoms with E-state index in [1.807, 2.05) is 30.3 Å². The van der Waals surface area contributed by atoms with E-state index in [0.29, 0.717) is 29.3 Å². The van der Waals surface area contributed by atoms with Gasteiger partial charge in [0, 0.05) is 43.0 Å². The highest BCUT2D eigenvalue weighted by Crippen LogP contribution is 2.33. The summed E-state index contributed by atoms with van der Waals surface area (Å²) in [7, 11) is 0. The molecule has 0 aliphatic rings. The van der Waals surface area contributed by atoms with Gasteiger partial charge in [-0.15, -0.1) is 0 Å². The Kier molecular flexibility index (Phi) is 6.12. The number of anilines is 2. The van der Waals surface area contributed by atoms with Gasteiger partial charge in [-0.1, -0.05) is 12.1 Å². The molecule has 0 spiro atoms. The van der Waals surface area contributed by atoms with Crippen LogP contribution in [0.2, 0.25) is 0 Å². The molecule has 4 rings (SSSR count). The Morgan fingerprint density at radius 1 is 1.09 bits per heavy atom. The molecule has 0 aliphatic heterocycles. The number of hydrogen-bond acceptors (Lipinski definition) is 5. The van der Waals surface area contributed by atoms with Gasteiger partial charge in [-0.3, -0.25) is 4.79 Å². The van der Waals surface area contributed by atoms with Crippen molar-refractivity contribution < 1.29 is 14.3 Å². The summed E-state index contributed by atoms with van der Waals surface area (Å²) in [4.78, 5) is 22.9. The zero-order valence-corrected chi connectivity index (χ0v) is 17.4. The molecule has 0 saturated heterocycles. The molecule has 2 aromatic heterocycles. The van der Waals surface area contributed by atoms with Crippen molar-refractivity contribution in [2.75, 3.05) is 17.2 Å². The molecule has 2 heterocycles. The molecule has 0 atom stereocenters. The van der Waals surface area contributed by atoms with E-state index in [0.717, 1.165) is 23.2 Å². The Morgan fingerprint density at radius 3 is 2.62 bits per heavy atom. The molecule has 2 aromatic carbocycles. The number of imidazole rings is 1. The zero-order valence-electron chi connectivity index (χ0n) is 17.4. The fourth-order valence-corrected chi connectivity index (χ4v) is 3.34. The van der Waals surface area contributed by atoms with Crippen LogP contribution in [0, 0.1) is 5.82 Å². The molecule has 162 valence electrons. The van der Waals surface area contributed by atoms with Crippen LogP contribution in [-0.2, 0) is 11.2 Å². The van der Waals surface area contributed by atoms with E-state index in [1.165, 1.54) is 25.1 Å². The largest absolute Gasteiger partial charge is 0.507 e. The maximum absolute atomic E-state index is 13.9. The normalized spacial score (nSPS) is 10.7. The molecular formula is C24H22FN5O2. The molecule has 0 radical (unpaired) electrons. The van der Waals surface area contributed by atoms with E-state index in [9.17, 15) is 14.3 Å². The van der Waals surface area contributed by atoms with Crippen LogP contribution in [0.4, 0.5) is 15.9 Å². The van der Waals surface area contributed by atoms with E-state index in [-0.39, 0.29) is 11.7 Å². The van der Waals surface area contributed by atoms with Crippen molar-refractivity contribution in [2.45, 2.75) is 13.3 Å². The van der Waals surface area contributed by atoms with Crippen molar-refractivity contribution in [3.63, 3.8) is 0 Å². The van der Waals surface area contributed by atoms with Crippen LogP contribution in [0.25, 0.3) is 22.4 Å². The monoisotopic (exact) mass is 431 g/mol. The highest BCUT2D eigenvalue weighted by Gasteiger charge is 2.12. The van der Waals surface area contributed by atoms with Crippen molar-refractivity contribution in [1.82, 2.24) is 15.0 Å². The van der Waals surface area contributed by atoms with E-state index >= 15 is 0 Å². The van der Waals surface area contributed by atoms with E-state index in [2.05, 4.69) is 25.6 Å². The average Bonchev–Trinajstić information content (AvgIpc) is 3.29. The van der Waals surface area contributed by atoms with Gasteiger partial charge < -0.3 is 20.7 Å². The second-order valence-electron chi connectivity index (χ2n) is 7.30. The minimum absolute atomic E-state index is 0.0551. The van der Waals surface area contributed by atoms with E-state index < -0.39 is 5.82 Å². The molecule has 0 saturated carbocycles. The topological polar surface area (TPSA) is 103 Å². The lowest BCUT2D eigenvalue weighted by atomic mass is 10.0. The number of hydrogen-bond donors (Lipinski definition) is 4. The summed E-state index contributed by atoms with van der Waals surface area (Å²) in [5, 5.41) is 16.3. The molecule has 4 N–H and O–H groups in total. The summed E-state index contributed by atoms with van der Waals surface area (Å²) >= 11 is 0. The van der Waals surface area contributed by atoms with Crippen molar-refractivity contribution in [3.8, 4) is 28.1 Å². The molecule has 0 aliphatic carbocycles. The van der Waals surface area contributed by atoms with Gasteiger partial charge in [0.1, 0.15) is 17.4 Å². The number of aromatic amines is 1. The summed E-state index contributed by atoms with van der Waals surface area (Å²) in [6.07, 6.45) is 4.11. The standard InChI is InChI=1S/C24H22FN5O2/c1-15(31)29-19-5-2-16(3-6-19)17-10-22(21-12-18(25)4-7-23(21)32)30-24(11-17)27-9-8-20-13-26-14-28-20/h2-7,10-14,32H,8-9H2,1H3,(H,26,28)(H,27,30)(H,29,31). The summed E-state index contributed by atoms with van der Waals surface area (Å²) in [6, 6.07) is 14.8. The molecular weight excluding hydrogens is 409 g/mol. The van der Waals surface area contributed by atoms with Crippen molar-refractivity contribution in [3.05, 3.63) is 78.6 Å². The number of carbonyl (C=O) groups excluding carboxylic acids is 1. The number of H-pyrrole nitrogens is 1. The maximum atomic E-state index is 13.9. The molecule has 0 unspecified atom stereocenters. The lowest BCUT2D eigenvalue weighted by Gasteiger charge is -2.13. The van der Waals surface area contributed by atoms with E-state index in [4.69, 9.17) is 0 Å². The number of carbonyl (C=O) groups is 1. The average molecular weight is 431 g/mol. The summed E-state index contributed by atoms with van der Waals surface area (Å²) in [5.74, 6) is -0.0697. The second-order valence-corrected chi connectivity index (χ2v) is 7.30. The second kappa shape index (κ2) is 9.30. The highest BCUT2D eigenvalue weighted by molar-refractivity contribution is 5.89. The molecule has 7 nitrogen and oxygen atoms in total. The molecule has 8 heteroatoms. The first kappa shape index (κ1) is 21.0. The van der Waals surface area contributed by atoms with Crippen molar-refractivity contribution >= 4 is 17.4 Å². The SMILES string of the molecule is CC(=O)Nc1ccc(-c2cc(NCCc3cnc[nH]3)nc(-c3cc(F)ccc3O)c2)cc1. The van der Waals surface area contributed by atoms with Crippen LogP contribution in [0.5, 0.6) is 5.75 Å². The summed E-state index contributed by atoms with van der Waals surface area (Å²) in [6.45, 7) is 2.06. The number of pyridine rings is 1. The number of phenols is 1. The molecule has 0 bridgehead atoms. The molecule has 4 aromatic rings. The van der Waals surface area contributed by atoms with Crippen molar-refractivity contribution in [1.29, 1.82) is 0 Å². The van der Waals surface area contributed by atoms with Gasteiger partial charge in [-0.2, -0.15) is 0 Å². The first-order valence-electron chi connectivity index (χ1n) is 10.1. The van der Waals surface area contributed by atoms with Crippen LogP contribution >= 0.6 is 0 Å². The number of amides is 1. The van der Waals surface area contributed by atoms with Crippen molar-refractivity contribution in [2.24, 2.45) is 0 Å². The Morgan fingerprint density at radius 2 is 1.91 bits per heavy atom. The fraction of sp³-hybridized carbons (Fsp3) is 0.125. The zero-order chi connectivity index (χ0) is 22.5. The van der Waals surface area contributed by atoms with Gasteiger partial charge in [0.15, 0.2) is 0 Å². The quantitative estimate of drug-likeness (QED) is 0.343. The number of aromatic nitrogens is 3. The first-order chi connectivity index (χ1) is 15.5. The molecule has 32 heavy (non-hydrogen) atoms.